The van der Waals surface area contributed by atoms with E-state index < -0.39 is 0 Å². The van der Waals surface area contributed by atoms with E-state index in [9.17, 15) is 4.79 Å². The number of amides is 1. The molecule has 0 aliphatic carbocycles. The lowest BCUT2D eigenvalue weighted by Gasteiger charge is -2.35. The van der Waals surface area contributed by atoms with E-state index in [1.807, 2.05) is 0 Å². The van der Waals surface area contributed by atoms with Crippen molar-refractivity contribution in [1.29, 1.82) is 0 Å². The van der Waals surface area contributed by atoms with Crippen LogP contribution in [0.3, 0.4) is 0 Å². The molecule has 1 aliphatic heterocycles. The molecule has 0 atom stereocenters. The Bertz CT molecular complexity index is 228. The van der Waals surface area contributed by atoms with Crippen molar-refractivity contribution in [2.24, 2.45) is 5.92 Å². The SMILES string of the molecule is CC(C)CN1CCC(=O)N(C)C1=S. The molecule has 1 rings (SSSR count). The van der Waals surface area contributed by atoms with Crippen LogP contribution in [0.2, 0.25) is 0 Å². The Morgan fingerprint density at radius 2 is 2.15 bits per heavy atom. The van der Waals surface area contributed by atoms with Crippen LogP contribution < -0.4 is 0 Å². The lowest BCUT2D eigenvalue weighted by atomic mass is 10.2. The van der Waals surface area contributed by atoms with Crippen molar-refractivity contribution >= 4 is 23.2 Å². The number of hydrogen-bond donors (Lipinski definition) is 0. The monoisotopic (exact) mass is 200 g/mol. The van der Waals surface area contributed by atoms with E-state index in [-0.39, 0.29) is 5.91 Å². The normalized spacial score (nSPS) is 18.8. The first-order valence-electron chi connectivity index (χ1n) is 4.58. The van der Waals surface area contributed by atoms with Crippen molar-refractivity contribution in [3.8, 4) is 0 Å². The zero-order valence-corrected chi connectivity index (χ0v) is 9.23. The molecule has 3 nitrogen and oxygen atoms in total. The lowest BCUT2D eigenvalue weighted by Crippen LogP contribution is -2.51. The van der Waals surface area contributed by atoms with Crippen LogP contribution >= 0.6 is 12.2 Å². The molecule has 1 aliphatic rings. The Morgan fingerprint density at radius 3 is 2.69 bits per heavy atom. The van der Waals surface area contributed by atoms with E-state index in [1.165, 1.54) is 0 Å². The summed E-state index contributed by atoms with van der Waals surface area (Å²) in [4.78, 5) is 14.9. The summed E-state index contributed by atoms with van der Waals surface area (Å²) in [5.41, 5.74) is 0. The van der Waals surface area contributed by atoms with Crippen LogP contribution in [0.5, 0.6) is 0 Å². The van der Waals surface area contributed by atoms with Gasteiger partial charge in [0.15, 0.2) is 5.11 Å². The van der Waals surface area contributed by atoms with Crippen LogP contribution in [0, 0.1) is 5.92 Å². The van der Waals surface area contributed by atoms with E-state index in [4.69, 9.17) is 12.2 Å². The standard InChI is InChI=1S/C9H16N2OS/c1-7(2)6-11-5-4-8(12)10(3)9(11)13/h7H,4-6H2,1-3H3. The minimum Gasteiger partial charge on any atom is -0.348 e. The molecular formula is C9H16N2OS. The topological polar surface area (TPSA) is 23.6 Å². The summed E-state index contributed by atoms with van der Waals surface area (Å²) in [5.74, 6) is 0.713. The Labute approximate surface area is 84.7 Å². The highest BCUT2D eigenvalue weighted by Gasteiger charge is 2.25. The molecule has 74 valence electrons. The van der Waals surface area contributed by atoms with E-state index in [2.05, 4.69) is 18.7 Å². The van der Waals surface area contributed by atoms with Gasteiger partial charge in [-0.3, -0.25) is 9.69 Å². The summed E-state index contributed by atoms with van der Waals surface area (Å²) in [6.07, 6.45) is 0.587. The van der Waals surface area contributed by atoms with Gasteiger partial charge in [0.25, 0.3) is 0 Å². The summed E-state index contributed by atoms with van der Waals surface area (Å²) in [6.45, 7) is 6.02. The van der Waals surface area contributed by atoms with Gasteiger partial charge in [-0.2, -0.15) is 0 Å². The number of rotatable bonds is 2. The maximum atomic E-state index is 11.2. The molecule has 0 radical (unpaired) electrons. The largest absolute Gasteiger partial charge is 0.348 e. The highest BCUT2D eigenvalue weighted by molar-refractivity contribution is 7.80. The Morgan fingerprint density at radius 1 is 1.54 bits per heavy atom. The van der Waals surface area contributed by atoms with Gasteiger partial charge in [-0.25, -0.2) is 0 Å². The molecule has 1 saturated heterocycles. The molecule has 0 aromatic carbocycles. The maximum absolute atomic E-state index is 11.2. The molecule has 0 aromatic heterocycles. The smallest absolute Gasteiger partial charge is 0.230 e. The first-order chi connectivity index (χ1) is 6.02. The molecule has 0 aromatic rings. The van der Waals surface area contributed by atoms with Gasteiger partial charge in [0.05, 0.1) is 0 Å². The maximum Gasteiger partial charge on any atom is 0.230 e. The van der Waals surface area contributed by atoms with Crippen molar-refractivity contribution in [1.82, 2.24) is 9.80 Å². The summed E-state index contributed by atoms with van der Waals surface area (Å²) in [6, 6.07) is 0. The summed E-state index contributed by atoms with van der Waals surface area (Å²) in [5, 5.41) is 0.671. The minimum atomic E-state index is 0.130. The van der Waals surface area contributed by atoms with Gasteiger partial charge in [-0.15, -0.1) is 0 Å². The van der Waals surface area contributed by atoms with Crippen LogP contribution in [0.15, 0.2) is 0 Å². The summed E-state index contributed by atoms with van der Waals surface area (Å²) in [7, 11) is 1.75. The third kappa shape index (κ3) is 2.40. The van der Waals surface area contributed by atoms with Crippen molar-refractivity contribution in [3.63, 3.8) is 0 Å². The molecule has 0 N–H and O–H groups in total. The first-order valence-corrected chi connectivity index (χ1v) is 4.98. The first kappa shape index (κ1) is 10.4. The predicted octanol–water partition coefficient (Wildman–Crippen LogP) is 1.09. The van der Waals surface area contributed by atoms with Crippen LogP contribution in [0.25, 0.3) is 0 Å². The molecule has 0 saturated carbocycles. The fraction of sp³-hybridized carbons (Fsp3) is 0.778. The van der Waals surface area contributed by atoms with Crippen LogP contribution in [0.4, 0.5) is 0 Å². The third-order valence-electron chi connectivity index (χ3n) is 2.11. The van der Waals surface area contributed by atoms with Gasteiger partial charge in [0.1, 0.15) is 0 Å². The molecule has 0 bridgehead atoms. The van der Waals surface area contributed by atoms with Gasteiger partial charge in [-0.05, 0) is 18.1 Å². The molecule has 13 heavy (non-hydrogen) atoms. The molecular weight excluding hydrogens is 184 g/mol. The number of carbonyl (C=O) groups is 1. The molecule has 1 amide bonds. The van der Waals surface area contributed by atoms with Gasteiger partial charge in [0.2, 0.25) is 5.91 Å². The highest BCUT2D eigenvalue weighted by atomic mass is 32.1. The Hall–Kier alpha value is -0.640. The highest BCUT2D eigenvalue weighted by Crippen LogP contribution is 2.10. The van der Waals surface area contributed by atoms with Crippen molar-refractivity contribution in [2.75, 3.05) is 20.1 Å². The fourth-order valence-electron chi connectivity index (χ4n) is 1.42. The quantitative estimate of drug-likeness (QED) is 0.623. The Balaban J connectivity index is 2.59. The zero-order valence-electron chi connectivity index (χ0n) is 8.41. The number of thiocarbonyl (C=S) groups is 1. The fourth-order valence-corrected chi connectivity index (χ4v) is 1.69. The summed E-state index contributed by atoms with van der Waals surface area (Å²) >= 11 is 5.18. The van der Waals surface area contributed by atoms with Crippen LogP contribution in [-0.4, -0.2) is 41.0 Å². The second kappa shape index (κ2) is 4.05. The molecule has 0 spiro atoms. The molecule has 4 heteroatoms. The van der Waals surface area contributed by atoms with Crippen LogP contribution in [0.1, 0.15) is 20.3 Å². The number of hydrogen-bond acceptors (Lipinski definition) is 2. The van der Waals surface area contributed by atoms with E-state index in [0.29, 0.717) is 17.5 Å². The van der Waals surface area contributed by atoms with E-state index in [0.717, 1.165) is 13.1 Å². The average molecular weight is 200 g/mol. The average Bonchev–Trinajstić information content (AvgIpc) is 2.06. The lowest BCUT2D eigenvalue weighted by molar-refractivity contribution is -0.128. The van der Waals surface area contributed by atoms with Gasteiger partial charge >= 0.3 is 0 Å². The minimum absolute atomic E-state index is 0.130. The molecule has 1 heterocycles. The van der Waals surface area contributed by atoms with Gasteiger partial charge in [0, 0.05) is 26.6 Å². The molecule has 0 unspecified atom stereocenters. The van der Waals surface area contributed by atoms with Crippen molar-refractivity contribution < 1.29 is 4.79 Å². The predicted molar refractivity (Wildman–Crippen MR) is 56.4 cm³/mol. The number of nitrogens with zero attached hydrogens (tertiary/aromatic N) is 2. The molecule has 1 fully saturated rings. The van der Waals surface area contributed by atoms with E-state index in [1.54, 1.807) is 11.9 Å². The van der Waals surface area contributed by atoms with Gasteiger partial charge in [-0.1, -0.05) is 13.8 Å². The summed E-state index contributed by atoms with van der Waals surface area (Å²) < 4.78 is 0. The van der Waals surface area contributed by atoms with Crippen molar-refractivity contribution in [3.05, 3.63) is 0 Å². The van der Waals surface area contributed by atoms with Crippen LogP contribution in [-0.2, 0) is 4.79 Å². The van der Waals surface area contributed by atoms with E-state index >= 15 is 0 Å². The van der Waals surface area contributed by atoms with Gasteiger partial charge < -0.3 is 4.90 Å². The third-order valence-corrected chi connectivity index (χ3v) is 2.64. The zero-order chi connectivity index (χ0) is 10.0. The number of carbonyl (C=O) groups excluding carboxylic acids is 1. The Kier molecular flexibility index (Phi) is 3.25. The second-order valence-corrected chi connectivity index (χ2v) is 4.19. The van der Waals surface area contributed by atoms with Crippen molar-refractivity contribution in [2.45, 2.75) is 20.3 Å². The second-order valence-electron chi connectivity index (χ2n) is 3.83.